The first-order valence-corrected chi connectivity index (χ1v) is 16.7. The van der Waals surface area contributed by atoms with E-state index in [0.717, 1.165) is 45.4 Å². The van der Waals surface area contributed by atoms with E-state index in [-0.39, 0.29) is 0 Å². The Morgan fingerprint density at radius 1 is 0.286 bits per heavy atom. The molecule has 1 aromatic heterocycles. The van der Waals surface area contributed by atoms with Crippen LogP contribution >= 0.6 is 0 Å². The van der Waals surface area contributed by atoms with Crippen molar-refractivity contribution in [3.05, 3.63) is 187 Å². The van der Waals surface area contributed by atoms with E-state index in [1.807, 2.05) is 60.7 Å². The summed E-state index contributed by atoms with van der Waals surface area (Å²) in [6.07, 6.45) is 0.951. The molecular formula is C46H31N3. The molecule has 49 heavy (non-hydrogen) atoms. The highest BCUT2D eigenvalue weighted by Gasteiger charge is 2.21. The molecule has 0 radical (unpaired) electrons. The molecule has 3 heteroatoms. The summed E-state index contributed by atoms with van der Waals surface area (Å²) in [5.41, 5.74) is 15.3. The number of benzene rings is 7. The summed E-state index contributed by atoms with van der Waals surface area (Å²) in [5.74, 6) is 1.94. The molecule has 230 valence electrons. The molecule has 7 aromatic carbocycles. The molecule has 8 aromatic rings. The summed E-state index contributed by atoms with van der Waals surface area (Å²) >= 11 is 0. The largest absolute Gasteiger partial charge is 0.208 e. The lowest BCUT2D eigenvalue weighted by atomic mass is 9.91. The Hall–Kier alpha value is -6.45. The van der Waals surface area contributed by atoms with Crippen molar-refractivity contribution in [3.63, 3.8) is 0 Å². The molecule has 0 saturated heterocycles. The average molecular weight is 626 g/mol. The first-order valence-electron chi connectivity index (χ1n) is 16.7. The molecular weight excluding hydrogens is 595 g/mol. The van der Waals surface area contributed by atoms with Crippen LogP contribution in [0.4, 0.5) is 0 Å². The third-order valence-corrected chi connectivity index (χ3v) is 9.36. The minimum Gasteiger partial charge on any atom is -0.208 e. The molecule has 0 amide bonds. The van der Waals surface area contributed by atoms with Gasteiger partial charge in [-0.2, -0.15) is 0 Å². The number of nitrogens with zero attached hydrogens (tertiary/aromatic N) is 3. The van der Waals surface area contributed by atoms with Gasteiger partial charge in [0.15, 0.2) is 17.5 Å². The number of hydrogen-bond donors (Lipinski definition) is 0. The zero-order chi connectivity index (χ0) is 32.6. The Morgan fingerprint density at radius 3 is 1.39 bits per heavy atom. The Balaban J connectivity index is 1.21. The predicted molar refractivity (Wildman–Crippen MR) is 201 cm³/mol. The molecule has 0 bridgehead atoms. The van der Waals surface area contributed by atoms with Gasteiger partial charge in [0.25, 0.3) is 0 Å². The van der Waals surface area contributed by atoms with Crippen molar-refractivity contribution in [2.24, 2.45) is 0 Å². The zero-order valence-electron chi connectivity index (χ0n) is 26.8. The first kappa shape index (κ1) is 28.7. The average Bonchev–Trinajstić information content (AvgIpc) is 3.58. The molecule has 1 aliphatic carbocycles. The van der Waals surface area contributed by atoms with Gasteiger partial charge >= 0.3 is 0 Å². The van der Waals surface area contributed by atoms with E-state index in [4.69, 9.17) is 15.0 Å². The van der Waals surface area contributed by atoms with Crippen LogP contribution in [-0.4, -0.2) is 15.0 Å². The van der Waals surface area contributed by atoms with Gasteiger partial charge in [0.05, 0.1) is 0 Å². The molecule has 0 aliphatic heterocycles. The number of hydrogen-bond acceptors (Lipinski definition) is 3. The number of aromatic nitrogens is 3. The fraction of sp³-hybridized carbons (Fsp3) is 0.0217. The van der Waals surface area contributed by atoms with E-state index in [0.29, 0.717) is 17.5 Å². The third kappa shape index (κ3) is 5.52. The van der Waals surface area contributed by atoms with Gasteiger partial charge in [0, 0.05) is 16.7 Å². The van der Waals surface area contributed by atoms with Crippen LogP contribution in [-0.2, 0) is 6.42 Å². The van der Waals surface area contributed by atoms with Crippen LogP contribution in [0, 0.1) is 0 Å². The Morgan fingerprint density at radius 2 is 0.714 bits per heavy atom. The van der Waals surface area contributed by atoms with Gasteiger partial charge in [-0.05, 0) is 86.3 Å². The van der Waals surface area contributed by atoms with Crippen LogP contribution in [0.3, 0.4) is 0 Å². The summed E-state index contributed by atoms with van der Waals surface area (Å²) < 4.78 is 0. The molecule has 0 atom stereocenters. The van der Waals surface area contributed by atoms with E-state index in [9.17, 15) is 0 Å². The first-order chi connectivity index (χ1) is 24.3. The topological polar surface area (TPSA) is 38.7 Å². The highest BCUT2D eigenvalue weighted by atomic mass is 15.0. The quantitative estimate of drug-likeness (QED) is 0.185. The molecule has 1 aliphatic rings. The fourth-order valence-electron chi connectivity index (χ4n) is 6.95. The molecule has 3 nitrogen and oxygen atoms in total. The number of rotatable bonds is 6. The normalized spacial score (nSPS) is 11.6. The van der Waals surface area contributed by atoms with Crippen molar-refractivity contribution in [1.82, 2.24) is 15.0 Å². The van der Waals surface area contributed by atoms with Crippen LogP contribution < -0.4 is 0 Å². The molecule has 0 saturated carbocycles. The minimum atomic E-state index is 0.640. The van der Waals surface area contributed by atoms with E-state index in [1.54, 1.807) is 0 Å². The fourth-order valence-corrected chi connectivity index (χ4v) is 6.95. The van der Waals surface area contributed by atoms with Gasteiger partial charge in [0.2, 0.25) is 0 Å². The maximum atomic E-state index is 5.07. The van der Waals surface area contributed by atoms with Gasteiger partial charge in [-0.15, -0.1) is 0 Å². The summed E-state index contributed by atoms with van der Waals surface area (Å²) in [5, 5.41) is 0. The third-order valence-electron chi connectivity index (χ3n) is 9.36. The van der Waals surface area contributed by atoms with E-state index < -0.39 is 0 Å². The monoisotopic (exact) mass is 625 g/mol. The lowest BCUT2D eigenvalue weighted by Crippen LogP contribution is -2.00. The van der Waals surface area contributed by atoms with Crippen LogP contribution in [0.5, 0.6) is 0 Å². The molecule has 9 rings (SSSR count). The summed E-state index contributed by atoms with van der Waals surface area (Å²) in [6, 6.07) is 61.9. The SMILES string of the molecule is c1ccc(-c2cc(-c3cccc(-c4cccc5c4Cc4ccccc4-5)c3)cc(-c3nc(-c4ccccc4)nc(-c4ccccc4)n3)c2)cc1. The van der Waals surface area contributed by atoms with E-state index >= 15 is 0 Å². The van der Waals surface area contributed by atoms with Gasteiger partial charge in [-0.25, -0.2) is 15.0 Å². The van der Waals surface area contributed by atoms with Crippen molar-refractivity contribution < 1.29 is 0 Å². The van der Waals surface area contributed by atoms with E-state index in [1.165, 1.54) is 33.4 Å². The van der Waals surface area contributed by atoms with Crippen molar-refractivity contribution in [2.75, 3.05) is 0 Å². The second kappa shape index (κ2) is 12.3. The lowest BCUT2D eigenvalue weighted by Gasteiger charge is -2.14. The lowest BCUT2D eigenvalue weighted by molar-refractivity contribution is 1.07. The summed E-state index contributed by atoms with van der Waals surface area (Å²) in [7, 11) is 0. The number of fused-ring (bicyclic) bond motifs is 3. The molecule has 1 heterocycles. The van der Waals surface area contributed by atoms with Gasteiger partial charge in [-0.3, -0.25) is 0 Å². The van der Waals surface area contributed by atoms with Gasteiger partial charge in [0.1, 0.15) is 0 Å². The van der Waals surface area contributed by atoms with Gasteiger partial charge in [-0.1, -0.05) is 152 Å². The van der Waals surface area contributed by atoms with Crippen LogP contribution in [0.25, 0.3) is 78.7 Å². The molecule has 0 spiro atoms. The summed E-state index contributed by atoms with van der Waals surface area (Å²) in [4.78, 5) is 15.1. The van der Waals surface area contributed by atoms with Crippen LogP contribution in [0.15, 0.2) is 176 Å². The highest BCUT2D eigenvalue weighted by Crippen LogP contribution is 2.42. The van der Waals surface area contributed by atoms with Crippen LogP contribution in [0.2, 0.25) is 0 Å². The molecule has 0 fully saturated rings. The molecule has 0 unspecified atom stereocenters. The van der Waals surface area contributed by atoms with Crippen molar-refractivity contribution in [3.8, 4) is 78.7 Å². The maximum Gasteiger partial charge on any atom is 0.164 e. The zero-order valence-corrected chi connectivity index (χ0v) is 26.8. The van der Waals surface area contributed by atoms with Crippen LogP contribution in [0.1, 0.15) is 11.1 Å². The standard InChI is InChI=1S/C46H31N3/c1-4-14-31(15-5-1)37-27-38(34-21-12-22-35(26-34)41-24-13-25-42-40-23-11-10-20-36(40)30-43(41)42)29-39(28-37)46-48-44(32-16-6-2-7-17-32)47-45(49-46)33-18-8-3-9-19-33/h1-29H,30H2. The summed E-state index contributed by atoms with van der Waals surface area (Å²) in [6.45, 7) is 0. The highest BCUT2D eigenvalue weighted by molar-refractivity contribution is 5.87. The Kier molecular flexibility index (Phi) is 7.21. The van der Waals surface area contributed by atoms with Crippen molar-refractivity contribution in [1.29, 1.82) is 0 Å². The van der Waals surface area contributed by atoms with E-state index in [2.05, 4.69) is 115 Å². The Labute approximate surface area is 286 Å². The maximum absolute atomic E-state index is 5.07. The van der Waals surface area contributed by atoms with Crippen molar-refractivity contribution >= 4 is 0 Å². The Bertz CT molecular complexity index is 2390. The predicted octanol–water partition coefficient (Wildman–Crippen LogP) is 11.4. The smallest absolute Gasteiger partial charge is 0.164 e. The van der Waals surface area contributed by atoms with Crippen molar-refractivity contribution in [2.45, 2.75) is 6.42 Å². The second-order valence-corrected chi connectivity index (χ2v) is 12.4. The van der Waals surface area contributed by atoms with Gasteiger partial charge < -0.3 is 0 Å². The second-order valence-electron chi connectivity index (χ2n) is 12.4. The molecule has 0 N–H and O–H groups in total. The minimum absolute atomic E-state index is 0.640.